The summed E-state index contributed by atoms with van der Waals surface area (Å²) in [4.78, 5) is 0. The SMILES string of the molecule is C=Cn1cc(CNc2cnn(CC3CCCO3)c2)cn1. The van der Waals surface area contributed by atoms with Crippen LogP contribution in [-0.4, -0.2) is 32.3 Å². The van der Waals surface area contributed by atoms with E-state index in [4.69, 9.17) is 4.74 Å². The van der Waals surface area contributed by atoms with Gasteiger partial charge in [-0.2, -0.15) is 10.2 Å². The smallest absolute Gasteiger partial charge is 0.0771 e. The highest BCUT2D eigenvalue weighted by molar-refractivity contribution is 5.39. The molecule has 1 atom stereocenters. The first-order valence-electron chi connectivity index (χ1n) is 6.87. The van der Waals surface area contributed by atoms with Gasteiger partial charge in [0.05, 0.1) is 30.7 Å². The van der Waals surface area contributed by atoms with Crippen LogP contribution in [-0.2, 0) is 17.8 Å². The number of ether oxygens (including phenoxy) is 1. The third-order valence-electron chi connectivity index (χ3n) is 3.39. The quantitative estimate of drug-likeness (QED) is 0.874. The first kappa shape index (κ1) is 12.9. The molecule has 106 valence electrons. The van der Waals surface area contributed by atoms with Gasteiger partial charge in [-0.15, -0.1) is 0 Å². The lowest BCUT2D eigenvalue weighted by molar-refractivity contribution is 0.0940. The number of hydrogen-bond acceptors (Lipinski definition) is 4. The fourth-order valence-electron chi connectivity index (χ4n) is 2.32. The normalized spacial score (nSPS) is 18.3. The number of anilines is 1. The highest BCUT2D eigenvalue weighted by Gasteiger charge is 2.16. The molecule has 3 heterocycles. The Morgan fingerprint density at radius 2 is 2.35 bits per heavy atom. The van der Waals surface area contributed by atoms with E-state index in [2.05, 4.69) is 22.1 Å². The molecule has 6 nitrogen and oxygen atoms in total. The summed E-state index contributed by atoms with van der Waals surface area (Å²) in [5, 5.41) is 11.8. The molecule has 6 heteroatoms. The molecule has 1 unspecified atom stereocenters. The van der Waals surface area contributed by atoms with Crippen LogP contribution in [0.1, 0.15) is 18.4 Å². The molecule has 1 aliphatic rings. The Morgan fingerprint density at radius 1 is 1.40 bits per heavy atom. The fourth-order valence-corrected chi connectivity index (χ4v) is 2.32. The maximum absolute atomic E-state index is 5.61. The van der Waals surface area contributed by atoms with Crippen LogP contribution in [0.25, 0.3) is 6.20 Å². The van der Waals surface area contributed by atoms with Crippen LogP contribution >= 0.6 is 0 Å². The molecule has 1 fully saturated rings. The topological polar surface area (TPSA) is 56.9 Å². The second kappa shape index (κ2) is 5.92. The standard InChI is InChI=1S/C14H19N5O/c1-2-18-9-12(7-16-18)6-15-13-8-17-19(10-13)11-14-4-3-5-20-14/h2,7-10,14-15H,1,3-6,11H2. The molecule has 2 aromatic heterocycles. The Morgan fingerprint density at radius 3 is 3.10 bits per heavy atom. The maximum Gasteiger partial charge on any atom is 0.0771 e. The molecule has 0 spiro atoms. The lowest BCUT2D eigenvalue weighted by Crippen LogP contribution is -2.15. The van der Waals surface area contributed by atoms with E-state index in [1.807, 2.05) is 29.5 Å². The Kier molecular flexibility index (Phi) is 3.83. The largest absolute Gasteiger partial charge is 0.378 e. The minimum absolute atomic E-state index is 0.313. The molecule has 0 aliphatic carbocycles. The van der Waals surface area contributed by atoms with Crippen molar-refractivity contribution in [1.82, 2.24) is 19.6 Å². The summed E-state index contributed by atoms with van der Waals surface area (Å²) in [5.74, 6) is 0. The van der Waals surface area contributed by atoms with Crippen molar-refractivity contribution in [1.29, 1.82) is 0 Å². The Bertz CT molecular complexity index is 568. The van der Waals surface area contributed by atoms with Gasteiger partial charge in [-0.05, 0) is 12.8 Å². The molecular weight excluding hydrogens is 254 g/mol. The summed E-state index contributed by atoms with van der Waals surface area (Å²) in [5.41, 5.74) is 2.12. The Labute approximate surface area is 118 Å². The van der Waals surface area contributed by atoms with E-state index < -0.39 is 0 Å². The van der Waals surface area contributed by atoms with Crippen LogP contribution in [0.5, 0.6) is 0 Å². The average molecular weight is 273 g/mol. The van der Waals surface area contributed by atoms with Gasteiger partial charge >= 0.3 is 0 Å². The minimum Gasteiger partial charge on any atom is -0.378 e. The van der Waals surface area contributed by atoms with Gasteiger partial charge < -0.3 is 10.1 Å². The van der Waals surface area contributed by atoms with Gasteiger partial charge in [0.2, 0.25) is 0 Å². The van der Waals surface area contributed by atoms with Gasteiger partial charge in [0.1, 0.15) is 0 Å². The third kappa shape index (κ3) is 3.08. The number of nitrogens with zero attached hydrogens (tertiary/aromatic N) is 4. The molecule has 1 saturated heterocycles. The zero-order valence-corrected chi connectivity index (χ0v) is 11.4. The highest BCUT2D eigenvalue weighted by atomic mass is 16.5. The third-order valence-corrected chi connectivity index (χ3v) is 3.39. The number of hydrogen-bond donors (Lipinski definition) is 1. The fraction of sp³-hybridized carbons (Fsp3) is 0.429. The molecule has 0 aromatic carbocycles. The molecule has 2 aromatic rings. The van der Waals surface area contributed by atoms with Crippen LogP contribution in [0, 0.1) is 0 Å². The van der Waals surface area contributed by atoms with Gasteiger partial charge in [0.25, 0.3) is 0 Å². The number of rotatable bonds is 6. The zero-order valence-electron chi connectivity index (χ0n) is 11.4. The van der Waals surface area contributed by atoms with Crippen molar-refractivity contribution in [2.75, 3.05) is 11.9 Å². The molecule has 1 N–H and O–H groups in total. The van der Waals surface area contributed by atoms with E-state index in [1.165, 1.54) is 0 Å². The number of aromatic nitrogens is 4. The van der Waals surface area contributed by atoms with Gasteiger partial charge in [0.15, 0.2) is 0 Å². The monoisotopic (exact) mass is 273 g/mol. The molecule has 0 saturated carbocycles. The summed E-state index contributed by atoms with van der Waals surface area (Å²) >= 11 is 0. The predicted molar refractivity (Wildman–Crippen MR) is 77.1 cm³/mol. The van der Waals surface area contributed by atoms with E-state index in [1.54, 1.807) is 10.9 Å². The molecule has 20 heavy (non-hydrogen) atoms. The lowest BCUT2D eigenvalue weighted by Gasteiger charge is -2.08. The minimum atomic E-state index is 0.313. The van der Waals surface area contributed by atoms with Gasteiger partial charge in [0, 0.05) is 37.3 Å². The average Bonchev–Trinajstić information content (AvgIpc) is 3.18. The zero-order chi connectivity index (χ0) is 13.8. The van der Waals surface area contributed by atoms with Crippen LogP contribution in [0.15, 0.2) is 31.4 Å². The van der Waals surface area contributed by atoms with Crippen LogP contribution in [0.4, 0.5) is 5.69 Å². The summed E-state index contributed by atoms with van der Waals surface area (Å²) in [6.45, 7) is 6.10. The summed E-state index contributed by atoms with van der Waals surface area (Å²) < 4.78 is 9.24. The maximum atomic E-state index is 5.61. The second-order valence-corrected chi connectivity index (χ2v) is 4.95. The Balaban J connectivity index is 1.52. The van der Waals surface area contributed by atoms with Crippen LogP contribution in [0.3, 0.4) is 0 Å². The predicted octanol–water partition coefficient (Wildman–Crippen LogP) is 1.97. The van der Waals surface area contributed by atoms with Crippen molar-refractivity contribution in [3.63, 3.8) is 0 Å². The molecule has 0 amide bonds. The van der Waals surface area contributed by atoms with Crippen LogP contribution in [0.2, 0.25) is 0 Å². The molecular formula is C14H19N5O. The van der Waals surface area contributed by atoms with Crippen molar-refractivity contribution in [3.8, 4) is 0 Å². The molecule has 3 rings (SSSR count). The summed E-state index contributed by atoms with van der Waals surface area (Å²) in [7, 11) is 0. The van der Waals surface area contributed by atoms with E-state index in [9.17, 15) is 0 Å². The van der Waals surface area contributed by atoms with Crippen molar-refractivity contribution in [2.24, 2.45) is 0 Å². The van der Waals surface area contributed by atoms with Crippen molar-refractivity contribution >= 4 is 11.9 Å². The second-order valence-electron chi connectivity index (χ2n) is 4.95. The van der Waals surface area contributed by atoms with Crippen molar-refractivity contribution in [3.05, 3.63) is 36.9 Å². The van der Waals surface area contributed by atoms with E-state index >= 15 is 0 Å². The van der Waals surface area contributed by atoms with Crippen LogP contribution < -0.4 is 5.32 Å². The van der Waals surface area contributed by atoms with Crippen molar-refractivity contribution in [2.45, 2.75) is 32.0 Å². The molecule has 0 bridgehead atoms. The van der Waals surface area contributed by atoms with E-state index in [-0.39, 0.29) is 0 Å². The summed E-state index contributed by atoms with van der Waals surface area (Å²) in [6.07, 6.45) is 11.9. The van der Waals surface area contributed by atoms with Crippen molar-refractivity contribution < 1.29 is 4.74 Å². The first-order valence-corrected chi connectivity index (χ1v) is 6.87. The van der Waals surface area contributed by atoms with E-state index in [0.29, 0.717) is 6.10 Å². The van der Waals surface area contributed by atoms with Gasteiger partial charge in [-0.1, -0.05) is 6.58 Å². The van der Waals surface area contributed by atoms with Gasteiger partial charge in [-0.25, -0.2) is 4.68 Å². The molecule has 1 aliphatic heterocycles. The number of nitrogens with one attached hydrogen (secondary N) is 1. The first-order chi connectivity index (χ1) is 9.83. The lowest BCUT2D eigenvalue weighted by atomic mass is 10.2. The highest BCUT2D eigenvalue weighted by Crippen LogP contribution is 2.15. The van der Waals surface area contributed by atoms with E-state index in [0.717, 1.165) is 43.8 Å². The van der Waals surface area contributed by atoms with Gasteiger partial charge in [-0.3, -0.25) is 4.68 Å². The summed E-state index contributed by atoms with van der Waals surface area (Å²) in [6, 6.07) is 0. The Hall–Kier alpha value is -2.08. The molecule has 0 radical (unpaired) electrons.